The van der Waals surface area contributed by atoms with Crippen LogP contribution in [0.4, 0.5) is 0 Å². The van der Waals surface area contributed by atoms with Gasteiger partial charge in [-0.15, -0.1) is 0 Å². The monoisotopic (exact) mass is 265 g/mol. The Balaban J connectivity index is 2.12. The molecule has 0 aliphatic carbocycles. The third kappa shape index (κ3) is 2.81. The molecule has 2 rings (SSSR count). The van der Waals surface area contributed by atoms with Gasteiger partial charge in [0.2, 0.25) is 5.89 Å². The summed E-state index contributed by atoms with van der Waals surface area (Å²) in [6.45, 7) is 5.96. The van der Waals surface area contributed by atoms with Crippen LogP contribution in [0.3, 0.4) is 0 Å². The van der Waals surface area contributed by atoms with Gasteiger partial charge in [-0.3, -0.25) is 0 Å². The lowest BCUT2D eigenvalue weighted by molar-refractivity contribution is -0.645. The fraction of sp³-hybridized carbons (Fsp3) is 0.417. The molecule has 6 heteroatoms. The molecule has 0 fully saturated rings. The van der Waals surface area contributed by atoms with Crippen LogP contribution in [0.2, 0.25) is 0 Å². The van der Waals surface area contributed by atoms with Gasteiger partial charge in [-0.2, -0.15) is 9.71 Å². The van der Waals surface area contributed by atoms with E-state index < -0.39 is 0 Å². The van der Waals surface area contributed by atoms with E-state index in [1.54, 1.807) is 12.1 Å². The van der Waals surface area contributed by atoms with Crippen molar-refractivity contribution in [1.82, 2.24) is 10.1 Å². The van der Waals surface area contributed by atoms with Crippen LogP contribution in [0.1, 0.15) is 43.7 Å². The highest BCUT2D eigenvalue weighted by atomic mass is 32.2. The maximum Gasteiger partial charge on any atom is 0.252 e. The second kappa shape index (κ2) is 5.39. The molecule has 0 aliphatic heterocycles. The molecule has 0 aromatic carbocycles. The molecule has 18 heavy (non-hydrogen) atoms. The number of rotatable bonds is 4. The average molecular weight is 265 g/mol. The molecular weight excluding hydrogens is 250 g/mol. The average Bonchev–Trinajstić information content (AvgIpc) is 2.81. The summed E-state index contributed by atoms with van der Waals surface area (Å²) in [6.07, 6.45) is 1.47. The van der Waals surface area contributed by atoms with E-state index in [2.05, 4.69) is 10.1 Å². The Morgan fingerprint density at radius 3 is 2.72 bits per heavy atom. The van der Waals surface area contributed by atoms with Crippen LogP contribution < -0.4 is 4.73 Å². The smallest absolute Gasteiger partial charge is 0.252 e. The van der Waals surface area contributed by atoms with E-state index in [1.807, 2.05) is 26.8 Å². The summed E-state index contributed by atoms with van der Waals surface area (Å²) in [6, 6.07) is 5.30. The van der Waals surface area contributed by atoms with Crippen molar-refractivity contribution in [2.75, 3.05) is 0 Å². The fourth-order valence-electron chi connectivity index (χ4n) is 1.38. The number of nitrogens with zero attached hydrogens (tertiary/aromatic N) is 3. The number of hydrogen-bond acceptors (Lipinski definition) is 5. The van der Waals surface area contributed by atoms with Crippen molar-refractivity contribution in [3.63, 3.8) is 0 Å². The molecule has 0 aliphatic rings. The zero-order valence-electron chi connectivity index (χ0n) is 10.5. The van der Waals surface area contributed by atoms with Gasteiger partial charge in [0.15, 0.2) is 12.0 Å². The molecule has 0 spiro atoms. The van der Waals surface area contributed by atoms with Gasteiger partial charge in [0.25, 0.3) is 5.03 Å². The van der Waals surface area contributed by atoms with Gasteiger partial charge in [0.1, 0.15) is 0 Å². The Kier molecular flexibility index (Phi) is 3.86. The lowest BCUT2D eigenvalue weighted by Crippen LogP contribution is -2.27. The Labute approximate surface area is 110 Å². The summed E-state index contributed by atoms with van der Waals surface area (Å²) in [7, 11) is 0. The molecular formula is C12H15N3O2S. The standard InChI is InChI=1S/C12H15N3O2S/c1-8(2)11-13-12(17-14-11)9(3)18-10-6-4-5-7-15(10)16/h4-9H,1-3H3/t9-/m0/s1. The van der Waals surface area contributed by atoms with E-state index in [9.17, 15) is 5.21 Å². The van der Waals surface area contributed by atoms with E-state index in [1.165, 1.54) is 18.0 Å². The van der Waals surface area contributed by atoms with E-state index in [0.29, 0.717) is 16.7 Å². The first-order valence-corrected chi connectivity index (χ1v) is 6.64. The summed E-state index contributed by atoms with van der Waals surface area (Å²) >= 11 is 1.40. The zero-order valence-corrected chi connectivity index (χ0v) is 11.3. The maximum absolute atomic E-state index is 11.5. The van der Waals surface area contributed by atoms with Crippen LogP contribution in [-0.2, 0) is 0 Å². The molecule has 0 bridgehead atoms. The lowest BCUT2D eigenvalue weighted by Gasteiger charge is -2.06. The molecule has 0 unspecified atom stereocenters. The van der Waals surface area contributed by atoms with E-state index in [4.69, 9.17) is 4.52 Å². The van der Waals surface area contributed by atoms with Crippen LogP contribution in [0.5, 0.6) is 0 Å². The molecule has 1 atom stereocenters. The Morgan fingerprint density at radius 2 is 2.11 bits per heavy atom. The molecule has 2 aromatic heterocycles. The summed E-state index contributed by atoms with van der Waals surface area (Å²) < 4.78 is 6.04. The number of thioether (sulfide) groups is 1. The number of hydrogen-bond donors (Lipinski definition) is 0. The van der Waals surface area contributed by atoms with Crippen molar-refractivity contribution >= 4 is 11.8 Å². The molecule has 0 radical (unpaired) electrons. The molecule has 5 nitrogen and oxygen atoms in total. The molecule has 0 saturated carbocycles. The summed E-state index contributed by atoms with van der Waals surface area (Å²) in [5, 5.41) is 16.0. The van der Waals surface area contributed by atoms with Crippen molar-refractivity contribution in [2.24, 2.45) is 0 Å². The van der Waals surface area contributed by atoms with Gasteiger partial charge in [0.05, 0.1) is 5.25 Å². The predicted molar refractivity (Wildman–Crippen MR) is 68.1 cm³/mol. The van der Waals surface area contributed by atoms with Crippen LogP contribution in [-0.4, -0.2) is 10.1 Å². The molecule has 2 heterocycles. The van der Waals surface area contributed by atoms with Crippen LogP contribution >= 0.6 is 11.8 Å². The van der Waals surface area contributed by atoms with Gasteiger partial charge in [0, 0.05) is 18.1 Å². The third-order valence-electron chi connectivity index (χ3n) is 2.41. The van der Waals surface area contributed by atoms with Gasteiger partial charge < -0.3 is 9.73 Å². The highest BCUT2D eigenvalue weighted by molar-refractivity contribution is 7.99. The van der Waals surface area contributed by atoms with E-state index in [-0.39, 0.29) is 11.2 Å². The van der Waals surface area contributed by atoms with Gasteiger partial charge in [-0.25, -0.2) is 0 Å². The summed E-state index contributed by atoms with van der Waals surface area (Å²) in [5.74, 6) is 1.48. The van der Waals surface area contributed by atoms with Gasteiger partial charge >= 0.3 is 0 Å². The van der Waals surface area contributed by atoms with E-state index >= 15 is 0 Å². The number of pyridine rings is 1. The largest absolute Gasteiger partial charge is 0.618 e. The third-order valence-corrected chi connectivity index (χ3v) is 3.52. The minimum absolute atomic E-state index is 0.0485. The first-order valence-electron chi connectivity index (χ1n) is 5.76. The first-order chi connectivity index (χ1) is 8.58. The van der Waals surface area contributed by atoms with Crippen molar-refractivity contribution in [3.05, 3.63) is 41.3 Å². The number of aromatic nitrogens is 3. The second-order valence-electron chi connectivity index (χ2n) is 4.27. The van der Waals surface area contributed by atoms with Gasteiger partial charge in [-0.05, 0) is 24.8 Å². The second-order valence-corrected chi connectivity index (χ2v) is 5.63. The lowest BCUT2D eigenvalue weighted by atomic mass is 10.2. The van der Waals surface area contributed by atoms with Crippen LogP contribution in [0.15, 0.2) is 33.9 Å². The maximum atomic E-state index is 11.5. The Bertz CT molecular complexity index is 528. The van der Waals surface area contributed by atoms with Gasteiger partial charge in [-0.1, -0.05) is 19.0 Å². The summed E-state index contributed by atoms with van der Waals surface area (Å²) in [4.78, 5) is 4.33. The van der Waals surface area contributed by atoms with E-state index in [0.717, 1.165) is 4.73 Å². The Hall–Kier alpha value is -1.56. The quantitative estimate of drug-likeness (QED) is 0.483. The van der Waals surface area contributed by atoms with Crippen molar-refractivity contribution < 1.29 is 9.25 Å². The normalized spacial score (nSPS) is 12.9. The minimum atomic E-state index is -0.0485. The molecule has 0 N–H and O–H groups in total. The zero-order chi connectivity index (χ0) is 13.1. The fourth-order valence-corrected chi connectivity index (χ4v) is 2.26. The van der Waals surface area contributed by atoms with Crippen molar-refractivity contribution in [3.8, 4) is 0 Å². The molecule has 0 amide bonds. The van der Waals surface area contributed by atoms with Crippen LogP contribution in [0, 0.1) is 5.21 Å². The first kappa shape index (κ1) is 12.9. The minimum Gasteiger partial charge on any atom is -0.618 e. The van der Waals surface area contributed by atoms with Crippen molar-refractivity contribution in [2.45, 2.75) is 37.0 Å². The highest BCUT2D eigenvalue weighted by Crippen LogP contribution is 2.32. The SMILES string of the molecule is CC(C)c1noc([C@H](C)Sc2cccc[n+]2[O-])n1. The molecule has 2 aromatic rings. The van der Waals surface area contributed by atoms with Crippen molar-refractivity contribution in [1.29, 1.82) is 0 Å². The Morgan fingerprint density at radius 1 is 1.33 bits per heavy atom. The predicted octanol–water partition coefficient (Wildman–Crippen LogP) is 2.68. The van der Waals surface area contributed by atoms with Crippen LogP contribution in [0.25, 0.3) is 0 Å². The molecule has 0 saturated heterocycles. The topological polar surface area (TPSA) is 65.9 Å². The highest BCUT2D eigenvalue weighted by Gasteiger charge is 2.20. The summed E-state index contributed by atoms with van der Waals surface area (Å²) in [5.41, 5.74) is 0. The molecule has 96 valence electrons.